The van der Waals surface area contributed by atoms with Crippen molar-refractivity contribution in [1.29, 1.82) is 0 Å². The van der Waals surface area contributed by atoms with E-state index in [0.29, 0.717) is 5.41 Å². The monoisotopic (exact) mass is 289 g/mol. The molecule has 0 bridgehead atoms. The van der Waals surface area contributed by atoms with E-state index in [1.54, 1.807) is 3.96 Å². The molecule has 0 N–H and O–H groups in total. The predicted octanol–water partition coefficient (Wildman–Crippen LogP) is 2.39. The zero-order chi connectivity index (χ0) is 12.8. The summed E-state index contributed by atoms with van der Waals surface area (Å²) in [7, 11) is 0. The SMILES string of the molecule is CC1=C(C)C(C)(C)[C]([Mo])=C1C.[C]=O.[C]=O. The van der Waals surface area contributed by atoms with E-state index in [0.717, 1.165) is 0 Å². The average molecular weight is 287 g/mol. The fraction of sp³-hybridized carbons (Fsp3) is 0.500. The van der Waals surface area contributed by atoms with Crippen LogP contribution in [0.2, 0.25) is 0 Å². The first-order valence-electron chi connectivity index (χ1n) is 4.36. The Labute approximate surface area is 104 Å². The summed E-state index contributed by atoms with van der Waals surface area (Å²) in [6.45, 7) is 20.3. The maximum atomic E-state index is 7.50. The molecule has 0 spiro atoms. The van der Waals surface area contributed by atoms with Gasteiger partial charge in [-0.15, -0.1) is 0 Å². The molecule has 0 saturated heterocycles. The molecule has 81 valence electrons. The molecule has 0 heterocycles. The molecule has 0 unspecified atom stereocenters. The zero-order valence-electron chi connectivity index (χ0n) is 9.72. The van der Waals surface area contributed by atoms with Crippen LogP contribution in [0.4, 0.5) is 0 Å². The van der Waals surface area contributed by atoms with Gasteiger partial charge in [-0.05, 0) is 0 Å². The van der Waals surface area contributed by atoms with Gasteiger partial charge in [-0.25, -0.2) is 0 Å². The summed E-state index contributed by atoms with van der Waals surface area (Å²) in [5, 5.41) is 0. The number of rotatable bonds is 0. The molecule has 0 fully saturated rings. The number of carbonyl (C=O) groups excluding carboxylic acids is 2. The Kier molecular flexibility index (Phi) is 7.78. The van der Waals surface area contributed by atoms with E-state index in [-0.39, 0.29) is 0 Å². The molecule has 4 radical (unpaired) electrons. The summed E-state index contributed by atoms with van der Waals surface area (Å²) >= 11 is 2.17. The van der Waals surface area contributed by atoms with Crippen LogP contribution in [0, 0.1) is 5.41 Å². The minimum absolute atomic E-state index is 0.318. The first kappa shape index (κ1) is 16.9. The van der Waals surface area contributed by atoms with Crippen LogP contribution in [0.15, 0.2) is 20.7 Å². The normalized spacial score (nSPS) is 17.7. The Morgan fingerprint density at radius 1 is 0.933 bits per heavy atom. The summed E-state index contributed by atoms with van der Waals surface area (Å²) in [6, 6.07) is 0. The minimum Gasteiger partial charge on any atom is -0.281 e. The Morgan fingerprint density at radius 2 is 1.27 bits per heavy atom. The molecule has 15 heavy (non-hydrogen) atoms. The maximum Gasteiger partial charge on any atom is 0.281 e. The Morgan fingerprint density at radius 3 is 1.33 bits per heavy atom. The molecule has 0 saturated carbocycles. The molecule has 1 aliphatic rings. The van der Waals surface area contributed by atoms with Crippen LogP contribution in [0.5, 0.6) is 0 Å². The second-order valence-corrected chi connectivity index (χ2v) is 4.83. The third-order valence-electron chi connectivity index (χ3n) is 2.97. The third kappa shape index (κ3) is 3.24. The molecule has 1 rings (SSSR count). The van der Waals surface area contributed by atoms with Crippen molar-refractivity contribution in [1.82, 2.24) is 0 Å². The second kappa shape index (κ2) is 6.89. The van der Waals surface area contributed by atoms with Gasteiger partial charge in [0.05, 0.1) is 0 Å². The maximum absolute atomic E-state index is 7.50. The van der Waals surface area contributed by atoms with Crippen molar-refractivity contribution in [2.75, 3.05) is 0 Å². The van der Waals surface area contributed by atoms with Gasteiger partial charge >= 0.3 is 80.5 Å². The summed E-state index contributed by atoms with van der Waals surface area (Å²) in [4.78, 5) is 15.0. The molecule has 0 amide bonds. The first-order valence-corrected chi connectivity index (χ1v) is 5.37. The largest absolute Gasteiger partial charge is 0.281 e. The van der Waals surface area contributed by atoms with Gasteiger partial charge in [0, 0.05) is 0 Å². The summed E-state index contributed by atoms with van der Waals surface area (Å²) in [5.74, 6) is 0. The minimum atomic E-state index is 0.318. The van der Waals surface area contributed by atoms with Crippen LogP contribution >= 0.6 is 0 Å². The van der Waals surface area contributed by atoms with Gasteiger partial charge in [0.1, 0.15) is 0 Å². The number of hydrogen-bond donors (Lipinski definition) is 0. The summed E-state index contributed by atoms with van der Waals surface area (Å²) < 4.78 is 1.54. The van der Waals surface area contributed by atoms with Gasteiger partial charge in [-0.3, -0.25) is 9.59 Å². The smallest absolute Gasteiger partial charge is 0.281 e. The van der Waals surface area contributed by atoms with Gasteiger partial charge in [-0.1, -0.05) is 0 Å². The molecule has 2 nitrogen and oxygen atoms in total. The molecule has 0 atom stereocenters. The number of allylic oxidation sites excluding steroid dienone is 4. The van der Waals surface area contributed by atoms with Crippen LogP contribution in [0.25, 0.3) is 0 Å². The summed E-state index contributed by atoms with van der Waals surface area (Å²) in [5.41, 5.74) is 4.85. The zero-order valence-corrected chi connectivity index (χ0v) is 11.7. The molecular weight excluding hydrogens is 272 g/mol. The van der Waals surface area contributed by atoms with E-state index >= 15 is 0 Å². The van der Waals surface area contributed by atoms with Gasteiger partial charge in [0.15, 0.2) is 0 Å². The fourth-order valence-electron chi connectivity index (χ4n) is 1.56. The quantitative estimate of drug-likeness (QED) is 0.641. The van der Waals surface area contributed by atoms with Gasteiger partial charge in [0.25, 0.3) is 13.6 Å². The average Bonchev–Trinajstić information content (AvgIpc) is 2.40. The van der Waals surface area contributed by atoms with Crippen molar-refractivity contribution in [2.24, 2.45) is 5.41 Å². The standard InChI is InChI=1S/C10H15.2CO.Mo/c1-7-6-10(4,5)9(3)8(7)2;2*1-2;/h1-5H3;;;. The van der Waals surface area contributed by atoms with Crippen molar-refractivity contribution in [3.8, 4) is 0 Å². The third-order valence-corrected chi connectivity index (χ3v) is 4.98. The van der Waals surface area contributed by atoms with Gasteiger partial charge < -0.3 is 0 Å². The molecule has 0 aromatic carbocycles. The topological polar surface area (TPSA) is 34.1 Å². The van der Waals surface area contributed by atoms with Crippen LogP contribution in [-0.4, -0.2) is 13.6 Å². The van der Waals surface area contributed by atoms with Crippen molar-refractivity contribution >= 4 is 13.6 Å². The van der Waals surface area contributed by atoms with E-state index in [2.05, 4.69) is 68.0 Å². The van der Waals surface area contributed by atoms with E-state index < -0.39 is 0 Å². The Bertz CT molecular complexity index is 260. The van der Waals surface area contributed by atoms with Crippen LogP contribution in [0.1, 0.15) is 34.6 Å². The van der Waals surface area contributed by atoms with Crippen molar-refractivity contribution in [2.45, 2.75) is 34.6 Å². The summed E-state index contributed by atoms with van der Waals surface area (Å²) in [6.07, 6.45) is 0. The molecule has 1 aliphatic carbocycles. The molecule has 3 heteroatoms. The molecule has 0 aliphatic heterocycles. The Hall–Kier alpha value is -0.492. The van der Waals surface area contributed by atoms with Crippen LogP contribution < -0.4 is 0 Å². The van der Waals surface area contributed by atoms with Gasteiger partial charge in [-0.2, -0.15) is 0 Å². The van der Waals surface area contributed by atoms with Crippen molar-refractivity contribution < 1.29 is 29.4 Å². The second-order valence-electron chi connectivity index (χ2n) is 3.83. The van der Waals surface area contributed by atoms with E-state index in [4.69, 9.17) is 9.59 Å². The van der Waals surface area contributed by atoms with Crippen LogP contribution in [-0.2, 0) is 29.4 Å². The van der Waals surface area contributed by atoms with Crippen molar-refractivity contribution in [3.63, 3.8) is 0 Å². The fourth-order valence-corrected chi connectivity index (χ4v) is 2.31. The van der Waals surface area contributed by atoms with E-state index in [9.17, 15) is 0 Å². The van der Waals surface area contributed by atoms with E-state index in [1.807, 2.05) is 0 Å². The first-order chi connectivity index (χ1) is 6.89. The van der Waals surface area contributed by atoms with Crippen molar-refractivity contribution in [3.05, 3.63) is 20.7 Å². The van der Waals surface area contributed by atoms with Crippen LogP contribution in [0.3, 0.4) is 0 Å². The van der Waals surface area contributed by atoms with Gasteiger partial charge in [0.2, 0.25) is 0 Å². The molecule has 0 aromatic rings. The predicted molar refractivity (Wildman–Crippen MR) is 56.2 cm³/mol. The molecule has 0 aromatic heterocycles. The van der Waals surface area contributed by atoms with E-state index in [1.165, 1.54) is 16.7 Å². The molecular formula is C12H15MoO2. The Balaban J connectivity index is 0. The number of hydrogen-bond acceptors (Lipinski definition) is 2.